The molecule has 6 nitrogen and oxygen atoms in total. The minimum Gasteiger partial charge on any atom is -0.317 e. The zero-order valence-electron chi connectivity index (χ0n) is 13.5. The van der Waals surface area contributed by atoms with E-state index in [4.69, 9.17) is 0 Å². The van der Waals surface area contributed by atoms with Gasteiger partial charge in [0.2, 0.25) is 5.13 Å². The van der Waals surface area contributed by atoms with Gasteiger partial charge in [-0.3, -0.25) is 10.3 Å². The number of rotatable bonds is 3. The van der Waals surface area contributed by atoms with Crippen molar-refractivity contribution in [3.05, 3.63) is 35.1 Å². The van der Waals surface area contributed by atoms with Gasteiger partial charge in [-0.15, -0.1) is 10.2 Å². The molecule has 1 atom stereocenters. The van der Waals surface area contributed by atoms with E-state index in [0.29, 0.717) is 11.0 Å². The first-order valence-corrected chi connectivity index (χ1v) is 9.44. The number of likely N-dealkylation sites (tertiary alicyclic amines) is 1. The second-order valence-electron chi connectivity index (χ2n) is 6.49. The number of hydrogen-bond acceptors (Lipinski definition) is 5. The maximum atomic E-state index is 12.8. The molecule has 0 unspecified atom stereocenters. The van der Waals surface area contributed by atoms with Gasteiger partial charge in [-0.05, 0) is 43.4 Å². The van der Waals surface area contributed by atoms with E-state index in [1.807, 2.05) is 17.0 Å². The molecule has 1 saturated carbocycles. The fourth-order valence-electron chi connectivity index (χ4n) is 3.23. The van der Waals surface area contributed by atoms with E-state index in [9.17, 15) is 4.79 Å². The first kappa shape index (κ1) is 15.5. The number of nitrogens with one attached hydrogen (secondary N) is 1. The van der Waals surface area contributed by atoms with Crippen molar-refractivity contribution in [3.63, 3.8) is 0 Å². The molecule has 7 heteroatoms. The summed E-state index contributed by atoms with van der Waals surface area (Å²) in [5.41, 5.74) is 1.15. The Balaban J connectivity index is 1.50. The molecule has 1 aliphatic carbocycles. The summed E-state index contributed by atoms with van der Waals surface area (Å²) >= 11 is 1.51. The van der Waals surface area contributed by atoms with Crippen LogP contribution in [0.2, 0.25) is 0 Å². The van der Waals surface area contributed by atoms with Gasteiger partial charge in [0.1, 0.15) is 5.01 Å². The van der Waals surface area contributed by atoms with Gasteiger partial charge < -0.3 is 4.90 Å². The maximum Gasteiger partial charge on any atom is 0.324 e. The van der Waals surface area contributed by atoms with Crippen molar-refractivity contribution in [2.75, 3.05) is 11.9 Å². The summed E-state index contributed by atoms with van der Waals surface area (Å²) in [6.07, 6.45) is 10.3. The Morgan fingerprint density at radius 1 is 1.12 bits per heavy atom. The molecule has 2 fully saturated rings. The van der Waals surface area contributed by atoms with E-state index in [1.54, 1.807) is 12.4 Å². The number of hydrogen-bond donors (Lipinski definition) is 1. The summed E-state index contributed by atoms with van der Waals surface area (Å²) in [4.78, 5) is 18.9. The summed E-state index contributed by atoms with van der Waals surface area (Å²) in [5.74, 6) is 0.566. The smallest absolute Gasteiger partial charge is 0.317 e. The van der Waals surface area contributed by atoms with Crippen molar-refractivity contribution >= 4 is 22.5 Å². The predicted molar refractivity (Wildman–Crippen MR) is 93.1 cm³/mol. The molecule has 126 valence electrons. The van der Waals surface area contributed by atoms with Crippen LogP contribution in [0.3, 0.4) is 0 Å². The average Bonchev–Trinajstić information content (AvgIpc) is 3.40. The Labute approximate surface area is 145 Å². The number of aromatic nitrogens is 3. The van der Waals surface area contributed by atoms with Crippen LogP contribution >= 0.6 is 11.3 Å². The van der Waals surface area contributed by atoms with E-state index < -0.39 is 0 Å². The quantitative estimate of drug-likeness (QED) is 0.915. The molecule has 2 aromatic rings. The zero-order chi connectivity index (χ0) is 16.4. The largest absolute Gasteiger partial charge is 0.324 e. The molecule has 1 aliphatic heterocycles. The van der Waals surface area contributed by atoms with Gasteiger partial charge in [0, 0.05) is 24.9 Å². The van der Waals surface area contributed by atoms with Crippen LogP contribution in [0.25, 0.3) is 0 Å². The van der Waals surface area contributed by atoms with Crippen LogP contribution < -0.4 is 5.32 Å². The lowest BCUT2D eigenvalue weighted by atomic mass is 10.0. The second-order valence-corrected chi connectivity index (χ2v) is 7.50. The molecular weight excluding hydrogens is 322 g/mol. The molecular formula is C17H21N5OS. The van der Waals surface area contributed by atoms with Crippen LogP contribution in [0.5, 0.6) is 0 Å². The Hall–Kier alpha value is -2.02. The fourth-order valence-corrected chi connectivity index (χ4v) is 4.13. The van der Waals surface area contributed by atoms with Crippen molar-refractivity contribution in [2.24, 2.45) is 0 Å². The van der Waals surface area contributed by atoms with E-state index in [-0.39, 0.29) is 12.1 Å². The first-order valence-electron chi connectivity index (χ1n) is 8.62. The molecule has 3 heterocycles. The normalized spacial score (nSPS) is 21.3. The van der Waals surface area contributed by atoms with Gasteiger partial charge in [-0.1, -0.05) is 24.2 Å². The van der Waals surface area contributed by atoms with Crippen molar-refractivity contribution in [2.45, 2.75) is 50.5 Å². The van der Waals surface area contributed by atoms with Crippen LogP contribution in [0, 0.1) is 0 Å². The van der Waals surface area contributed by atoms with Gasteiger partial charge in [0.25, 0.3) is 0 Å². The summed E-state index contributed by atoms with van der Waals surface area (Å²) in [6.45, 7) is 0.771. The number of pyridine rings is 1. The summed E-state index contributed by atoms with van der Waals surface area (Å²) in [6, 6.07) is 4.04. The highest BCUT2D eigenvalue weighted by Crippen LogP contribution is 2.42. The Morgan fingerprint density at radius 2 is 1.96 bits per heavy atom. The van der Waals surface area contributed by atoms with Gasteiger partial charge in [0.15, 0.2) is 0 Å². The highest BCUT2D eigenvalue weighted by molar-refractivity contribution is 7.15. The number of carbonyl (C=O) groups excluding carboxylic acids is 1. The molecule has 1 saturated heterocycles. The fraction of sp³-hybridized carbons (Fsp3) is 0.529. The Kier molecular flexibility index (Phi) is 4.42. The SMILES string of the molecule is O=C(Nc1nnc(C2CC2)s1)N1CCCCC[C@@H]1c1ccncc1. The van der Waals surface area contributed by atoms with Crippen LogP contribution in [-0.2, 0) is 0 Å². The third-order valence-corrected chi connectivity index (χ3v) is 5.69. The monoisotopic (exact) mass is 343 g/mol. The third-order valence-electron chi connectivity index (χ3n) is 4.69. The lowest BCUT2D eigenvalue weighted by Gasteiger charge is -2.30. The van der Waals surface area contributed by atoms with Crippen LogP contribution in [-0.4, -0.2) is 32.7 Å². The summed E-state index contributed by atoms with van der Waals surface area (Å²) in [7, 11) is 0. The highest BCUT2D eigenvalue weighted by atomic mass is 32.1. The topological polar surface area (TPSA) is 71.0 Å². The van der Waals surface area contributed by atoms with Crippen LogP contribution in [0.1, 0.15) is 61.1 Å². The molecule has 2 amide bonds. The molecule has 0 radical (unpaired) electrons. The summed E-state index contributed by atoms with van der Waals surface area (Å²) < 4.78 is 0. The molecule has 2 aromatic heterocycles. The summed E-state index contributed by atoms with van der Waals surface area (Å²) in [5, 5.41) is 12.9. The predicted octanol–water partition coefficient (Wildman–Crippen LogP) is 3.96. The van der Waals surface area contributed by atoms with Crippen LogP contribution in [0.15, 0.2) is 24.5 Å². The minimum atomic E-state index is -0.0720. The lowest BCUT2D eigenvalue weighted by Crippen LogP contribution is -2.38. The molecule has 4 rings (SSSR count). The van der Waals surface area contributed by atoms with Gasteiger partial charge in [0.05, 0.1) is 6.04 Å². The standard InChI is InChI=1S/C17H21N5OS/c23-17(19-16-21-20-15(24-16)13-5-6-13)22-11-3-1-2-4-14(22)12-7-9-18-10-8-12/h7-10,13-14H,1-6,11H2,(H,19,21,23)/t14-/m1/s1. The second kappa shape index (κ2) is 6.84. The third kappa shape index (κ3) is 3.40. The Bertz CT molecular complexity index is 700. The van der Waals surface area contributed by atoms with Crippen molar-refractivity contribution < 1.29 is 4.79 Å². The minimum absolute atomic E-state index is 0.0720. The number of carbonyl (C=O) groups is 1. The molecule has 2 aliphatic rings. The van der Waals surface area contributed by atoms with E-state index in [2.05, 4.69) is 20.5 Å². The number of nitrogens with zero attached hydrogens (tertiary/aromatic N) is 4. The van der Waals surface area contributed by atoms with Gasteiger partial charge in [-0.2, -0.15) is 0 Å². The molecule has 0 aromatic carbocycles. The van der Waals surface area contributed by atoms with Crippen molar-refractivity contribution in [1.82, 2.24) is 20.1 Å². The van der Waals surface area contributed by atoms with E-state index >= 15 is 0 Å². The van der Waals surface area contributed by atoms with Crippen molar-refractivity contribution in [1.29, 1.82) is 0 Å². The van der Waals surface area contributed by atoms with E-state index in [0.717, 1.165) is 42.8 Å². The number of urea groups is 1. The van der Waals surface area contributed by atoms with Gasteiger partial charge in [-0.25, -0.2) is 4.79 Å². The Morgan fingerprint density at radius 3 is 2.75 bits per heavy atom. The number of amides is 2. The molecule has 0 bridgehead atoms. The molecule has 1 N–H and O–H groups in total. The zero-order valence-corrected chi connectivity index (χ0v) is 14.3. The van der Waals surface area contributed by atoms with Gasteiger partial charge >= 0.3 is 6.03 Å². The average molecular weight is 343 g/mol. The lowest BCUT2D eigenvalue weighted by molar-refractivity contribution is 0.189. The highest BCUT2D eigenvalue weighted by Gasteiger charge is 2.30. The van der Waals surface area contributed by atoms with E-state index in [1.165, 1.54) is 24.2 Å². The van der Waals surface area contributed by atoms with Crippen LogP contribution in [0.4, 0.5) is 9.93 Å². The molecule has 0 spiro atoms. The van der Waals surface area contributed by atoms with Crippen molar-refractivity contribution in [3.8, 4) is 0 Å². The number of anilines is 1. The maximum absolute atomic E-state index is 12.8. The first-order chi connectivity index (χ1) is 11.8. The molecule has 24 heavy (non-hydrogen) atoms.